The van der Waals surface area contributed by atoms with Crippen LogP contribution >= 0.6 is 0 Å². The summed E-state index contributed by atoms with van der Waals surface area (Å²) in [6.45, 7) is 1.88. The zero-order chi connectivity index (χ0) is 21.9. The summed E-state index contributed by atoms with van der Waals surface area (Å²) in [5, 5.41) is 7.13. The molecule has 5 nitrogen and oxygen atoms in total. The summed E-state index contributed by atoms with van der Waals surface area (Å²) in [7, 11) is 0. The molecule has 2 heterocycles. The van der Waals surface area contributed by atoms with E-state index in [1.807, 2.05) is 97.9 Å². The summed E-state index contributed by atoms with van der Waals surface area (Å²) in [6.07, 6.45) is 0. The second kappa shape index (κ2) is 8.40. The maximum absolute atomic E-state index is 13.2. The van der Waals surface area contributed by atoms with Crippen molar-refractivity contribution in [3.63, 3.8) is 0 Å². The molecule has 1 amide bonds. The topological polar surface area (TPSA) is 67.2 Å². The highest BCUT2D eigenvalue weighted by molar-refractivity contribution is 6.13. The number of aryl methyl sites for hydroxylation is 1. The number of anilines is 3. The lowest BCUT2D eigenvalue weighted by Gasteiger charge is -2.11. The van der Waals surface area contributed by atoms with Crippen molar-refractivity contribution in [1.29, 1.82) is 0 Å². The lowest BCUT2D eigenvalue weighted by molar-refractivity contribution is 0.102. The van der Waals surface area contributed by atoms with Crippen LogP contribution in [0.4, 0.5) is 17.1 Å². The predicted octanol–water partition coefficient (Wildman–Crippen LogP) is 6.80. The zero-order valence-corrected chi connectivity index (χ0v) is 17.5. The van der Waals surface area contributed by atoms with Crippen LogP contribution in [0, 0.1) is 6.92 Å². The van der Waals surface area contributed by atoms with Gasteiger partial charge < -0.3 is 15.1 Å². The highest BCUT2D eigenvalue weighted by Gasteiger charge is 2.15. The molecule has 156 valence electrons. The van der Waals surface area contributed by atoms with E-state index in [1.54, 1.807) is 6.07 Å². The third kappa shape index (κ3) is 4.09. The van der Waals surface area contributed by atoms with Gasteiger partial charge in [0.05, 0.1) is 11.1 Å². The van der Waals surface area contributed by atoms with Gasteiger partial charge in [-0.15, -0.1) is 0 Å². The van der Waals surface area contributed by atoms with Crippen LogP contribution in [0.3, 0.4) is 0 Å². The minimum Gasteiger partial charge on any atom is -0.460 e. The Morgan fingerprint density at radius 1 is 0.781 bits per heavy atom. The molecule has 0 aliphatic carbocycles. The van der Waals surface area contributed by atoms with Crippen LogP contribution in [0.5, 0.6) is 0 Å². The molecule has 2 N–H and O–H groups in total. The molecule has 3 aromatic carbocycles. The van der Waals surface area contributed by atoms with Crippen molar-refractivity contribution in [1.82, 2.24) is 4.98 Å². The first-order valence-corrected chi connectivity index (χ1v) is 10.4. The molecule has 32 heavy (non-hydrogen) atoms. The molecule has 0 aliphatic rings. The number of benzene rings is 3. The van der Waals surface area contributed by atoms with Crippen LogP contribution in [0.2, 0.25) is 0 Å². The van der Waals surface area contributed by atoms with Crippen LogP contribution in [-0.2, 0) is 0 Å². The predicted molar refractivity (Wildman–Crippen MR) is 128 cm³/mol. The van der Waals surface area contributed by atoms with E-state index in [-0.39, 0.29) is 5.91 Å². The number of furan rings is 1. The van der Waals surface area contributed by atoms with Gasteiger partial charge in [-0.3, -0.25) is 4.79 Å². The fourth-order valence-corrected chi connectivity index (χ4v) is 3.59. The smallest absolute Gasteiger partial charge is 0.256 e. The maximum Gasteiger partial charge on any atom is 0.256 e. The SMILES string of the molecule is Cc1ccc(-c2cc(C(=O)Nc3ccc(Nc4ccccc4)cc3)c3ccccc3n2)o1. The van der Waals surface area contributed by atoms with E-state index >= 15 is 0 Å². The lowest BCUT2D eigenvalue weighted by Crippen LogP contribution is -2.13. The Balaban J connectivity index is 1.42. The summed E-state index contributed by atoms with van der Waals surface area (Å²) >= 11 is 0. The number of aromatic nitrogens is 1. The summed E-state index contributed by atoms with van der Waals surface area (Å²) in [5.74, 6) is 1.24. The standard InChI is InChI=1S/C27H21N3O2/c1-18-11-16-26(32-18)25-17-23(22-9-5-6-10-24(22)30-25)27(31)29-21-14-12-20(13-15-21)28-19-7-3-2-4-8-19/h2-17,28H,1H3,(H,29,31). The van der Waals surface area contributed by atoms with Crippen molar-refractivity contribution in [2.24, 2.45) is 0 Å². The van der Waals surface area contributed by atoms with Crippen molar-refractivity contribution in [2.75, 3.05) is 10.6 Å². The Morgan fingerprint density at radius 3 is 2.22 bits per heavy atom. The Labute approximate surface area is 185 Å². The summed E-state index contributed by atoms with van der Waals surface area (Å²) in [4.78, 5) is 17.9. The molecule has 0 saturated carbocycles. The van der Waals surface area contributed by atoms with Gasteiger partial charge in [-0.25, -0.2) is 4.98 Å². The number of nitrogens with zero attached hydrogens (tertiary/aromatic N) is 1. The van der Waals surface area contributed by atoms with Crippen molar-refractivity contribution < 1.29 is 9.21 Å². The number of nitrogens with one attached hydrogen (secondary N) is 2. The Kier molecular flexibility index (Phi) is 5.14. The second-order valence-corrected chi connectivity index (χ2v) is 7.51. The van der Waals surface area contributed by atoms with Crippen molar-refractivity contribution >= 4 is 33.9 Å². The van der Waals surface area contributed by atoms with Gasteiger partial charge in [0.2, 0.25) is 0 Å². The van der Waals surface area contributed by atoms with Crippen molar-refractivity contribution in [3.8, 4) is 11.5 Å². The summed E-state index contributed by atoms with van der Waals surface area (Å²) in [6, 6.07) is 30.7. The molecular formula is C27H21N3O2. The molecule has 0 bridgehead atoms. The average Bonchev–Trinajstić information content (AvgIpc) is 3.26. The molecular weight excluding hydrogens is 398 g/mol. The molecule has 0 spiro atoms. The largest absolute Gasteiger partial charge is 0.460 e. The number of fused-ring (bicyclic) bond motifs is 1. The van der Waals surface area contributed by atoms with Crippen LogP contribution in [0.15, 0.2) is 101 Å². The normalized spacial score (nSPS) is 10.8. The Hall–Kier alpha value is -4.38. The Morgan fingerprint density at radius 2 is 1.47 bits per heavy atom. The summed E-state index contributed by atoms with van der Waals surface area (Å²) in [5.41, 5.74) is 4.58. The molecule has 2 aromatic heterocycles. The van der Waals surface area contributed by atoms with Gasteiger partial charge in [-0.2, -0.15) is 0 Å². The number of para-hydroxylation sites is 2. The molecule has 0 radical (unpaired) electrons. The fraction of sp³-hybridized carbons (Fsp3) is 0.0370. The van der Waals surface area contributed by atoms with E-state index in [2.05, 4.69) is 15.6 Å². The van der Waals surface area contributed by atoms with E-state index in [4.69, 9.17) is 4.42 Å². The fourth-order valence-electron chi connectivity index (χ4n) is 3.59. The van der Waals surface area contributed by atoms with Gasteiger partial charge in [0.25, 0.3) is 5.91 Å². The number of hydrogen-bond donors (Lipinski definition) is 2. The third-order valence-corrected chi connectivity index (χ3v) is 5.16. The molecule has 0 unspecified atom stereocenters. The number of rotatable bonds is 5. The van der Waals surface area contributed by atoms with Crippen LogP contribution in [0.1, 0.15) is 16.1 Å². The molecule has 5 aromatic rings. The van der Waals surface area contributed by atoms with Gasteiger partial charge in [-0.05, 0) is 67.6 Å². The van der Waals surface area contributed by atoms with Crippen molar-refractivity contribution in [2.45, 2.75) is 6.92 Å². The first-order chi connectivity index (χ1) is 15.7. The highest BCUT2D eigenvalue weighted by Crippen LogP contribution is 2.27. The molecule has 0 aliphatic heterocycles. The van der Waals surface area contributed by atoms with Crippen LogP contribution in [-0.4, -0.2) is 10.9 Å². The van der Waals surface area contributed by atoms with Gasteiger partial charge in [0.1, 0.15) is 11.5 Å². The number of pyridine rings is 1. The first-order valence-electron chi connectivity index (χ1n) is 10.4. The minimum absolute atomic E-state index is 0.197. The number of amides is 1. The summed E-state index contributed by atoms with van der Waals surface area (Å²) < 4.78 is 5.73. The van der Waals surface area contributed by atoms with Gasteiger partial charge in [0.15, 0.2) is 5.76 Å². The van der Waals surface area contributed by atoms with Crippen LogP contribution in [0.25, 0.3) is 22.4 Å². The van der Waals surface area contributed by atoms with Crippen molar-refractivity contribution in [3.05, 3.63) is 108 Å². The van der Waals surface area contributed by atoms with Gasteiger partial charge in [0, 0.05) is 22.4 Å². The quantitative estimate of drug-likeness (QED) is 0.329. The number of hydrogen-bond acceptors (Lipinski definition) is 4. The monoisotopic (exact) mass is 419 g/mol. The second-order valence-electron chi connectivity index (χ2n) is 7.51. The highest BCUT2D eigenvalue weighted by atomic mass is 16.3. The van der Waals surface area contributed by atoms with E-state index in [0.29, 0.717) is 22.7 Å². The number of carbonyl (C=O) groups excluding carboxylic acids is 1. The Bertz CT molecular complexity index is 1390. The van der Waals surface area contributed by atoms with E-state index in [0.717, 1.165) is 28.0 Å². The van der Waals surface area contributed by atoms with Gasteiger partial charge in [-0.1, -0.05) is 36.4 Å². The molecule has 5 heteroatoms. The first kappa shape index (κ1) is 19.6. The molecule has 0 fully saturated rings. The van der Waals surface area contributed by atoms with E-state index in [9.17, 15) is 4.79 Å². The molecule has 5 rings (SSSR count). The zero-order valence-electron chi connectivity index (χ0n) is 17.5. The van der Waals surface area contributed by atoms with Gasteiger partial charge >= 0.3 is 0 Å². The maximum atomic E-state index is 13.2. The van der Waals surface area contributed by atoms with E-state index in [1.165, 1.54) is 0 Å². The van der Waals surface area contributed by atoms with Crippen LogP contribution < -0.4 is 10.6 Å². The third-order valence-electron chi connectivity index (χ3n) is 5.16. The molecule has 0 atom stereocenters. The molecule has 0 saturated heterocycles. The average molecular weight is 419 g/mol. The van der Waals surface area contributed by atoms with E-state index < -0.39 is 0 Å². The number of carbonyl (C=O) groups is 1. The minimum atomic E-state index is -0.197. The lowest BCUT2D eigenvalue weighted by atomic mass is 10.1.